The van der Waals surface area contributed by atoms with E-state index in [4.69, 9.17) is 5.11 Å². The van der Waals surface area contributed by atoms with Crippen molar-refractivity contribution in [3.05, 3.63) is 35.1 Å². The zero-order valence-corrected chi connectivity index (χ0v) is 9.62. The van der Waals surface area contributed by atoms with Gasteiger partial charge in [0.05, 0.1) is 5.92 Å². The zero-order chi connectivity index (χ0) is 12.1. The Morgan fingerprint density at radius 1 is 1.38 bits per heavy atom. The first kappa shape index (κ1) is 11.1. The van der Waals surface area contributed by atoms with Crippen LogP contribution in [0.25, 0.3) is 0 Å². The minimum absolute atomic E-state index is 0.0700. The summed E-state index contributed by atoms with van der Waals surface area (Å²) in [5.74, 6) is -1.55. The van der Waals surface area contributed by atoms with Crippen LogP contribution in [-0.2, 0) is 4.79 Å². The first-order chi connectivity index (χ1) is 7.34. The van der Waals surface area contributed by atoms with Gasteiger partial charge >= 0.3 is 5.97 Å². The minimum atomic E-state index is -0.795. The van der Waals surface area contributed by atoms with Crippen LogP contribution >= 0.6 is 0 Å². The van der Waals surface area contributed by atoms with Gasteiger partial charge in [-0.25, -0.2) is 4.39 Å². The summed E-state index contributed by atoms with van der Waals surface area (Å²) in [6, 6.07) is 4.77. The molecular formula is C13H15FO2. The lowest BCUT2D eigenvalue weighted by Gasteiger charge is -2.04. The number of carboxylic acids is 1. The second-order valence-electron chi connectivity index (χ2n) is 5.18. The molecule has 3 heteroatoms. The van der Waals surface area contributed by atoms with Gasteiger partial charge in [-0.2, -0.15) is 0 Å². The zero-order valence-electron chi connectivity index (χ0n) is 9.62. The maximum atomic E-state index is 13.2. The van der Waals surface area contributed by atoms with Crippen LogP contribution < -0.4 is 0 Å². The maximum absolute atomic E-state index is 13.2. The quantitative estimate of drug-likeness (QED) is 0.835. The van der Waals surface area contributed by atoms with E-state index in [0.29, 0.717) is 0 Å². The van der Waals surface area contributed by atoms with E-state index in [1.54, 1.807) is 0 Å². The lowest BCUT2D eigenvalue weighted by atomic mass is 10.0. The van der Waals surface area contributed by atoms with Crippen LogP contribution in [0.4, 0.5) is 4.39 Å². The maximum Gasteiger partial charge on any atom is 0.307 e. The number of halogens is 1. The van der Waals surface area contributed by atoms with E-state index in [0.717, 1.165) is 11.1 Å². The molecule has 2 nitrogen and oxygen atoms in total. The molecular weight excluding hydrogens is 207 g/mol. The normalized spacial score (nSPS) is 26.5. The summed E-state index contributed by atoms with van der Waals surface area (Å²) >= 11 is 0. The highest BCUT2D eigenvalue weighted by Gasteiger charge is 2.62. The SMILES string of the molecule is Cc1cc(F)cc([C@@H]2[C@@H](C(=O)O)C2(C)C)c1. The Kier molecular flexibility index (Phi) is 2.30. The highest BCUT2D eigenvalue weighted by molar-refractivity contribution is 5.77. The molecule has 0 aromatic heterocycles. The largest absolute Gasteiger partial charge is 0.481 e. The summed E-state index contributed by atoms with van der Waals surface area (Å²) in [5, 5.41) is 9.07. The van der Waals surface area contributed by atoms with Crippen molar-refractivity contribution in [2.75, 3.05) is 0 Å². The lowest BCUT2D eigenvalue weighted by molar-refractivity contribution is -0.139. The van der Waals surface area contributed by atoms with Gasteiger partial charge < -0.3 is 5.11 Å². The predicted molar refractivity (Wildman–Crippen MR) is 58.8 cm³/mol. The Morgan fingerprint density at radius 3 is 2.44 bits per heavy atom. The molecule has 0 radical (unpaired) electrons. The predicted octanol–water partition coefficient (Wildman–Crippen LogP) is 2.96. The van der Waals surface area contributed by atoms with Crippen LogP contribution in [0, 0.1) is 24.1 Å². The summed E-state index contributed by atoms with van der Waals surface area (Å²) in [5.41, 5.74) is 1.36. The molecule has 1 aliphatic carbocycles. The fourth-order valence-electron chi connectivity index (χ4n) is 2.66. The molecule has 1 saturated carbocycles. The first-order valence-electron chi connectivity index (χ1n) is 5.34. The van der Waals surface area contributed by atoms with Gasteiger partial charge in [-0.3, -0.25) is 4.79 Å². The molecule has 16 heavy (non-hydrogen) atoms. The number of aliphatic carboxylic acids is 1. The van der Waals surface area contributed by atoms with Gasteiger partial charge in [-0.05, 0) is 35.6 Å². The molecule has 0 heterocycles. The van der Waals surface area contributed by atoms with Gasteiger partial charge in [0, 0.05) is 5.92 Å². The minimum Gasteiger partial charge on any atom is -0.481 e. The van der Waals surface area contributed by atoms with Crippen LogP contribution in [0.15, 0.2) is 18.2 Å². The number of hydrogen-bond acceptors (Lipinski definition) is 1. The number of carboxylic acid groups (broad SMARTS) is 1. The lowest BCUT2D eigenvalue weighted by Crippen LogP contribution is -2.03. The van der Waals surface area contributed by atoms with E-state index in [1.165, 1.54) is 12.1 Å². The van der Waals surface area contributed by atoms with E-state index >= 15 is 0 Å². The first-order valence-corrected chi connectivity index (χ1v) is 5.34. The molecule has 1 aromatic rings. The molecule has 1 N–H and O–H groups in total. The van der Waals surface area contributed by atoms with Crippen molar-refractivity contribution >= 4 is 5.97 Å². The Hall–Kier alpha value is -1.38. The van der Waals surface area contributed by atoms with Crippen LogP contribution in [0.2, 0.25) is 0 Å². The third-order valence-electron chi connectivity index (χ3n) is 3.52. The second kappa shape index (κ2) is 3.30. The molecule has 1 fully saturated rings. The van der Waals surface area contributed by atoms with Crippen LogP contribution in [0.5, 0.6) is 0 Å². The van der Waals surface area contributed by atoms with E-state index in [-0.39, 0.29) is 17.2 Å². The molecule has 0 bridgehead atoms. The van der Waals surface area contributed by atoms with Crippen LogP contribution in [-0.4, -0.2) is 11.1 Å². The number of rotatable bonds is 2. The summed E-state index contributed by atoms with van der Waals surface area (Å²) < 4.78 is 13.2. The number of benzene rings is 1. The number of aryl methyl sites for hydroxylation is 1. The third-order valence-corrected chi connectivity index (χ3v) is 3.52. The van der Waals surface area contributed by atoms with Crippen molar-refractivity contribution < 1.29 is 14.3 Å². The fraction of sp³-hybridized carbons (Fsp3) is 0.462. The second-order valence-corrected chi connectivity index (χ2v) is 5.18. The average molecular weight is 222 g/mol. The van der Waals surface area contributed by atoms with Crippen molar-refractivity contribution in [3.8, 4) is 0 Å². The molecule has 0 spiro atoms. The van der Waals surface area contributed by atoms with Crippen LogP contribution in [0.3, 0.4) is 0 Å². The smallest absolute Gasteiger partial charge is 0.307 e. The van der Waals surface area contributed by atoms with Gasteiger partial charge in [0.25, 0.3) is 0 Å². The monoisotopic (exact) mass is 222 g/mol. The Labute approximate surface area is 94.1 Å². The standard InChI is InChI=1S/C13H15FO2/c1-7-4-8(6-9(14)5-7)10-11(12(15)16)13(10,2)3/h4-6,10-11H,1-3H3,(H,15,16)/t10-,11+/m1/s1. The van der Waals surface area contributed by atoms with Gasteiger partial charge in [-0.1, -0.05) is 19.9 Å². The van der Waals surface area contributed by atoms with Crippen molar-refractivity contribution in [1.82, 2.24) is 0 Å². The highest BCUT2D eigenvalue weighted by Crippen LogP contribution is 2.64. The summed E-state index contributed by atoms with van der Waals surface area (Å²) in [7, 11) is 0. The molecule has 0 aliphatic heterocycles. The van der Waals surface area contributed by atoms with Gasteiger partial charge in [0.2, 0.25) is 0 Å². The molecule has 2 atom stereocenters. The molecule has 86 valence electrons. The Bertz CT molecular complexity index is 431. The van der Waals surface area contributed by atoms with Crippen LogP contribution in [0.1, 0.15) is 30.9 Å². The van der Waals surface area contributed by atoms with Crippen molar-refractivity contribution in [3.63, 3.8) is 0 Å². The number of carbonyl (C=O) groups is 1. The Balaban J connectivity index is 2.37. The molecule has 2 rings (SSSR count). The third kappa shape index (κ3) is 1.60. The summed E-state index contributed by atoms with van der Waals surface area (Å²) in [6.45, 7) is 5.64. The molecule has 0 amide bonds. The number of hydrogen-bond donors (Lipinski definition) is 1. The van der Waals surface area contributed by atoms with Crippen molar-refractivity contribution in [2.24, 2.45) is 11.3 Å². The van der Waals surface area contributed by atoms with Crippen molar-refractivity contribution in [2.45, 2.75) is 26.7 Å². The van der Waals surface area contributed by atoms with E-state index in [2.05, 4.69) is 0 Å². The average Bonchev–Trinajstić information content (AvgIpc) is 2.67. The molecule has 1 aromatic carbocycles. The van der Waals surface area contributed by atoms with E-state index < -0.39 is 11.9 Å². The van der Waals surface area contributed by atoms with Gasteiger partial charge in [-0.15, -0.1) is 0 Å². The van der Waals surface area contributed by atoms with Gasteiger partial charge in [0.15, 0.2) is 0 Å². The Morgan fingerprint density at radius 2 is 2.00 bits per heavy atom. The van der Waals surface area contributed by atoms with Gasteiger partial charge in [0.1, 0.15) is 5.82 Å². The fourth-order valence-corrected chi connectivity index (χ4v) is 2.66. The summed E-state index contributed by atoms with van der Waals surface area (Å²) in [6.07, 6.45) is 0. The van der Waals surface area contributed by atoms with E-state index in [9.17, 15) is 9.18 Å². The van der Waals surface area contributed by atoms with E-state index in [1.807, 2.05) is 26.8 Å². The summed E-state index contributed by atoms with van der Waals surface area (Å²) in [4.78, 5) is 11.0. The molecule has 1 aliphatic rings. The molecule has 0 unspecified atom stereocenters. The topological polar surface area (TPSA) is 37.3 Å². The highest BCUT2D eigenvalue weighted by atomic mass is 19.1. The van der Waals surface area contributed by atoms with Crippen molar-refractivity contribution in [1.29, 1.82) is 0 Å². The molecule has 0 saturated heterocycles.